The van der Waals surface area contributed by atoms with Crippen molar-refractivity contribution in [1.82, 2.24) is 15.3 Å². The Morgan fingerprint density at radius 3 is 2.44 bits per heavy atom. The molecule has 0 saturated carbocycles. The minimum atomic E-state index is -0.832. The molecule has 1 atom stereocenters. The maximum Gasteiger partial charge on any atom is 0.269 e. The molecule has 0 aliphatic rings. The highest BCUT2D eigenvalue weighted by molar-refractivity contribution is 6.04. The molecule has 0 radical (unpaired) electrons. The highest BCUT2D eigenvalue weighted by Gasteiger charge is 2.26. The van der Waals surface area contributed by atoms with E-state index in [0.717, 1.165) is 0 Å². The van der Waals surface area contributed by atoms with E-state index in [1.807, 2.05) is 6.92 Å². The molecule has 0 aliphatic carbocycles. The Morgan fingerprint density at radius 1 is 1.22 bits per heavy atom. The number of nitrogens with one attached hydrogen (secondary N) is 3. The van der Waals surface area contributed by atoms with Crippen LogP contribution in [0.15, 0.2) is 30.6 Å². The number of nitrogens with two attached hydrogens (primary N) is 1. The molecule has 5 N–H and O–H groups in total. The number of aromatic amines is 1. The molecule has 2 rings (SSSR count). The van der Waals surface area contributed by atoms with Gasteiger partial charge < -0.3 is 26.1 Å². The molecule has 0 unspecified atom stereocenters. The Bertz CT molecular complexity index is 813. The number of carbonyl (C=O) groups excluding carboxylic acids is 3. The van der Waals surface area contributed by atoms with Gasteiger partial charge in [-0.15, -0.1) is 0 Å². The monoisotopic (exact) mass is 373 g/mol. The lowest BCUT2D eigenvalue weighted by atomic mass is 10.0. The van der Waals surface area contributed by atoms with E-state index in [1.165, 1.54) is 6.33 Å². The molecule has 3 amide bonds. The second-order valence-electron chi connectivity index (χ2n) is 6.13. The lowest BCUT2D eigenvalue weighted by Gasteiger charge is -2.21. The van der Waals surface area contributed by atoms with E-state index in [2.05, 4.69) is 20.6 Å². The first-order valence-electron chi connectivity index (χ1n) is 8.51. The van der Waals surface area contributed by atoms with Crippen LogP contribution in [0.2, 0.25) is 0 Å². The maximum atomic E-state index is 12.6. The van der Waals surface area contributed by atoms with Gasteiger partial charge in [0, 0.05) is 5.56 Å². The zero-order valence-electron chi connectivity index (χ0n) is 15.4. The third-order valence-electron chi connectivity index (χ3n) is 3.79. The Balaban J connectivity index is 2.09. The molecule has 9 nitrogen and oxygen atoms in total. The summed E-state index contributed by atoms with van der Waals surface area (Å²) in [7, 11) is 0. The molecule has 0 fully saturated rings. The van der Waals surface area contributed by atoms with Gasteiger partial charge in [-0.05, 0) is 37.1 Å². The Hall–Kier alpha value is -3.36. The van der Waals surface area contributed by atoms with Crippen molar-refractivity contribution < 1.29 is 19.1 Å². The smallest absolute Gasteiger partial charge is 0.269 e. The van der Waals surface area contributed by atoms with Crippen molar-refractivity contribution in [3.05, 3.63) is 41.9 Å². The fraction of sp³-hybridized carbons (Fsp3) is 0.333. The highest BCUT2D eigenvalue weighted by Crippen LogP contribution is 2.14. The minimum absolute atomic E-state index is 0.0105. The first-order valence-corrected chi connectivity index (χ1v) is 8.51. The van der Waals surface area contributed by atoms with E-state index in [0.29, 0.717) is 17.9 Å². The quantitative estimate of drug-likeness (QED) is 0.552. The van der Waals surface area contributed by atoms with E-state index in [-0.39, 0.29) is 17.4 Å². The van der Waals surface area contributed by atoms with Gasteiger partial charge in [0.1, 0.15) is 17.5 Å². The molecule has 0 spiro atoms. The summed E-state index contributed by atoms with van der Waals surface area (Å²) < 4.78 is 5.34. The summed E-state index contributed by atoms with van der Waals surface area (Å²) in [5.41, 5.74) is 5.61. The van der Waals surface area contributed by atoms with Gasteiger partial charge in [0.15, 0.2) is 5.82 Å². The van der Waals surface area contributed by atoms with Gasteiger partial charge in [0.05, 0.1) is 12.9 Å². The number of ether oxygens (including phenoxy) is 1. The fourth-order valence-electron chi connectivity index (χ4n) is 2.40. The average Bonchev–Trinajstić information content (AvgIpc) is 3.08. The Kier molecular flexibility index (Phi) is 6.53. The van der Waals surface area contributed by atoms with E-state index in [1.54, 1.807) is 38.1 Å². The third-order valence-corrected chi connectivity index (χ3v) is 3.79. The van der Waals surface area contributed by atoms with E-state index < -0.39 is 23.8 Å². The first kappa shape index (κ1) is 20.0. The van der Waals surface area contributed by atoms with Gasteiger partial charge in [0.2, 0.25) is 5.91 Å². The number of hydrogen-bond acceptors (Lipinski definition) is 5. The molecule has 27 heavy (non-hydrogen) atoms. The van der Waals surface area contributed by atoms with Gasteiger partial charge >= 0.3 is 0 Å². The van der Waals surface area contributed by atoms with Crippen LogP contribution in [0.3, 0.4) is 0 Å². The molecular formula is C18H23N5O4. The molecule has 0 aliphatic heterocycles. The molecule has 1 heterocycles. The van der Waals surface area contributed by atoms with Crippen molar-refractivity contribution in [2.75, 3.05) is 11.9 Å². The number of imidazole rings is 1. The second-order valence-corrected chi connectivity index (χ2v) is 6.13. The number of primary amides is 1. The van der Waals surface area contributed by atoms with Gasteiger partial charge in [-0.25, -0.2) is 4.98 Å². The summed E-state index contributed by atoms with van der Waals surface area (Å²) in [6.07, 6.45) is 1.25. The zero-order valence-corrected chi connectivity index (χ0v) is 15.4. The predicted octanol–water partition coefficient (Wildman–Crippen LogP) is 1.30. The predicted molar refractivity (Wildman–Crippen MR) is 99.4 cm³/mol. The van der Waals surface area contributed by atoms with Crippen LogP contribution in [0.1, 0.15) is 41.6 Å². The number of rotatable bonds is 8. The number of hydrogen-bond donors (Lipinski definition) is 4. The van der Waals surface area contributed by atoms with Crippen LogP contribution in [0.4, 0.5) is 5.82 Å². The number of benzene rings is 1. The van der Waals surface area contributed by atoms with Gasteiger partial charge in [-0.2, -0.15) is 0 Å². The summed E-state index contributed by atoms with van der Waals surface area (Å²) in [5.74, 6) is -1.17. The van der Waals surface area contributed by atoms with Crippen LogP contribution in [0, 0.1) is 5.92 Å². The normalized spacial score (nSPS) is 11.7. The summed E-state index contributed by atoms with van der Waals surface area (Å²) in [6.45, 7) is 5.99. The molecule has 0 saturated heterocycles. The Labute approximate surface area is 156 Å². The summed E-state index contributed by atoms with van der Waals surface area (Å²) in [5, 5.41) is 5.22. The Morgan fingerprint density at radius 2 is 1.89 bits per heavy atom. The number of H-pyrrole nitrogens is 1. The van der Waals surface area contributed by atoms with Crippen molar-refractivity contribution in [2.24, 2.45) is 11.7 Å². The van der Waals surface area contributed by atoms with E-state index >= 15 is 0 Å². The standard InChI is InChI=1S/C18H23N5O4/c1-4-27-12-7-5-11(6-8-12)17(25)22-13(10(2)3)18(26)23-16-14(15(19)24)20-9-21-16/h5-10,13H,4H2,1-3H3,(H2,19,24)(H,20,21)(H,22,25)(H,23,26)/t13-/m1/s1. The van der Waals surface area contributed by atoms with Crippen LogP contribution in [-0.4, -0.2) is 40.3 Å². The molecular weight excluding hydrogens is 350 g/mol. The largest absolute Gasteiger partial charge is 0.494 e. The topological polar surface area (TPSA) is 139 Å². The minimum Gasteiger partial charge on any atom is -0.494 e. The molecule has 144 valence electrons. The number of carbonyl (C=O) groups is 3. The molecule has 9 heteroatoms. The number of amides is 3. The van der Waals surface area contributed by atoms with E-state index in [9.17, 15) is 14.4 Å². The number of anilines is 1. The van der Waals surface area contributed by atoms with Crippen molar-refractivity contribution >= 4 is 23.5 Å². The van der Waals surface area contributed by atoms with Gasteiger partial charge in [-0.1, -0.05) is 13.8 Å². The van der Waals surface area contributed by atoms with Crippen molar-refractivity contribution in [3.8, 4) is 5.75 Å². The average molecular weight is 373 g/mol. The van der Waals surface area contributed by atoms with Crippen LogP contribution in [0.5, 0.6) is 5.75 Å². The van der Waals surface area contributed by atoms with Crippen LogP contribution in [-0.2, 0) is 4.79 Å². The second kappa shape index (κ2) is 8.84. The number of aromatic nitrogens is 2. The summed E-state index contributed by atoms with van der Waals surface area (Å²) in [4.78, 5) is 42.8. The molecule has 2 aromatic rings. The van der Waals surface area contributed by atoms with Crippen LogP contribution in [0.25, 0.3) is 0 Å². The van der Waals surface area contributed by atoms with Crippen LogP contribution < -0.4 is 21.1 Å². The lowest BCUT2D eigenvalue weighted by Crippen LogP contribution is -2.47. The van der Waals surface area contributed by atoms with Crippen LogP contribution >= 0.6 is 0 Å². The lowest BCUT2D eigenvalue weighted by molar-refractivity contribution is -0.118. The van der Waals surface area contributed by atoms with Crippen molar-refractivity contribution in [1.29, 1.82) is 0 Å². The molecule has 0 bridgehead atoms. The fourth-order valence-corrected chi connectivity index (χ4v) is 2.40. The van der Waals surface area contributed by atoms with Crippen molar-refractivity contribution in [2.45, 2.75) is 26.8 Å². The van der Waals surface area contributed by atoms with Crippen molar-refractivity contribution in [3.63, 3.8) is 0 Å². The third kappa shape index (κ3) is 5.06. The summed E-state index contributed by atoms with van der Waals surface area (Å²) in [6, 6.07) is 5.78. The van der Waals surface area contributed by atoms with Gasteiger partial charge in [-0.3, -0.25) is 14.4 Å². The molecule has 1 aromatic heterocycles. The molecule has 1 aromatic carbocycles. The zero-order chi connectivity index (χ0) is 20.0. The first-order chi connectivity index (χ1) is 12.8. The highest BCUT2D eigenvalue weighted by atomic mass is 16.5. The SMILES string of the molecule is CCOc1ccc(C(=O)N[C@@H](C(=O)Nc2nc[nH]c2C(N)=O)C(C)C)cc1. The summed E-state index contributed by atoms with van der Waals surface area (Å²) >= 11 is 0. The van der Waals surface area contributed by atoms with E-state index in [4.69, 9.17) is 10.5 Å². The maximum absolute atomic E-state index is 12.6. The van der Waals surface area contributed by atoms with Gasteiger partial charge in [0.25, 0.3) is 11.8 Å². The number of nitrogens with zero attached hydrogens (tertiary/aromatic N) is 1.